The number of carbonyl (C=O) groups is 1. The Hall–Kier alpha value is -4.09. The lowest BCUT2D eigenvalue weighted by atomic mass is 10.1. The zero-order chi connectivity index (χ0) is 26.2. The number of hydrogen-bond acceptors (Lipinski definition) is 8. The van der Waals surface area contributed by atoms with Crippen LogP contribution in [0.1, 0.15) is 27.9 Å². The van der Waals surface area contributed by atoms with E-state index in [2.05, 4.69) is 20.6 Å². The summed E-state index contributed by atoms with van der Waals surface area (Å²) in [5.41, 5.74) is 2.78. The van der Waals surface area contributed by atoms with Crippen LogP contribution in [0.25, 0.3) is 16.7 Å². The van der Waals surface area contributed by atoms with Crippen LogP contribution >= 0.6 is 0 Å². The van der Waals surface area contributed by atoms with Crippen LogP contribution < -0.4 is 16.1 Å². The van der Waals surface area contributed by atoms with Gasteiger partial charge in [-0.25, -0.2) is 18.2 Å². The first kappa shape index (κ1) is 24.6. The Morgan fingerprint density at radius 1 is 1.14 bits per heavy atom. The van der Waals surface area contributed by atoms with Gasteiger partial charge in [0.2, 0.25) is 11.4 Å². The van der Waals surface area contributed by atoms with E-state index in [0.29, 0.717) is 17.9 Å². The van der Waals surface area contributed by atoms with Crippen LogP contribution in [0.5, 0.6) is 0 Å². The molecule has 2 aromatic heterocycles. The highest BCUT2D eigenvalue weighted by atomic mass is 32.2. The second kappa shape index (κ2) is 9.75. The van der Waals surface area contributed by atoms with Crippen LogP contribution in [0, 0.1) is 0 Å². The molecule has 10 nitrogen and oxygen atoms in total. The van der Waals surface area contributed by atoms with Crippen molar-refractivity contribution in [3.05, 3.63) is 81.8 Å². The number of hydrogen-bond donors (Lipinski definition) is 3. The Bertz CT molecular complexity index is 1700. The number of sulfone groups is 1. The number of carboxylic acid groups (broad SMARTS) is 1. The molecule has 0 saturated carbocycles. The van der Waals surface area contributed by atoms with Gasteiger partial charge in [0.1, 0.15) is 5.56 Å². The summed E-state index contributed by atoms with van der Waals surface area (Å²) in [5, 5.41) is 15.5. The molecule has 0 atom stereocenters. The number of nitrogens with one attached hydrogen (secondary N) is 2. The summed E-state index contributed by atoms with van der Waals surface area (Å²) in [7, 11) is -1.80. The second-order valence-electron chi connectivity index (χ2n) is 8.86. The molecule has 3 N–H and O–H groups in total. The van der Waals surface area contributed by atoms with E-state index in [0.717, 1.165) is 19.3 Å². The van der Waals surface area contributed by atoms with E-state index in [-0.39, 0.29) is 33.2 Å². The predicted molar refractivity (Wildman–Crippen MR) is 140 cm³/mol. The topological polar surface area (TPSA) is 143 Å². The average Bonchev–Trinajstić information content (AvgIpc) is 3.36. The first-order chi connectivity index (χ1) is 17.8. The standard InChI is InChI=1S/C26H25N5O5S/c1-27-10-11-37(35,36)20-7-3-6-18(13-20)29-26-28-14-21-23(32)22(25(33)34)15-31(24(21)30-26)19-9-8-16-4-2-5-17(16)12-19/h3,6-9,12-15,27H,2,4-5,10-11H2,1H3,(H,33,34)(H,28,29,30). The minimum absolute atomic E-state index is 0.0433. The second-order valence-corrected chi connectivity index (χ2v) is 11.0. The SMILES string of the molecule is CNCCS(=O)(=O)c1cccc(Nc2ncc3c(=O)c(C(=O)O)cn(-c4ccc5c(c4)CCC5)c3n2)c1. The van der Waals surface area contributed by atoms with Gasteiger partial charge in [0.25, 0.3) is 0 Å². The Labute approximate surface area is 212 Å². The van der Waals surface area contributed by atoms with Gasteiger partial charge in [-0.2, -0.15) is 4.98 Å². The molecule has 1 aliphatic rings. The highest BCUT2D eigenvalue weighted by Crippen LogP contribution is 2.26. The lowest BCUT2D eigenvalue weighted by Crippen LogP contribution is -2.20. The molecule has 0 amide bonds. The van der Waals surface area contributed by atoms with Crippen molar-refractivity contribution in [2.45, 2.75) is 24.2 Å². The summed E-state index contributed by atoms with van der Waals surface area (Å²) in [6.45, 7) is 0.326. The molecule has 11 heteroatoms. The maximum absolute atomic E-state index is 12.9. The number of carboxylic acids is 1. The first-order valence-electron chi connectivity index (χ1n) is 11.8. The van der Waals surface area contributed by atoms with E-state index in [1.54, 1.807) is 23.7 Å². The number of anilines is 2. The number of aromatic carboxylic acids is 1. The van der Waals surface area contributed by atoms with Gasteiger partial charge < -0.3 is 20.3 Å². The summed E-state index contributed by atoms with van der Waals surface area (Å²) in [5.74, 6) is -1.24. The molecule has 0 bridgehead atoms. The maximum atomic E-state index is 12.9. The van der Waals surface area contributed by atoms with Crippen LogP contribution in [-0.4, -0.2) is 53.4 Å². The van der Waals surface area contributed by atoms with Crippen molar-refractivity contribution < 1.29 is 18.3 Å². The molecule has 0 unspecified atom stereocenters. The van der Waals surface area contributed by atoms with Gasteiger partial charge in [-0.05, 0) is 67.8 Å². The Balaban J connectivity index is 1.59. The Morgan fingerprint density at radius 2 is 1.95 bits per heavy atom. The molecule has 0 radical (unpaired) electrons. The highest BCUT2D eigenvalue weighted by molar-refractivity contribution is 7.91. The Kier molecular flexibility index (Phi) is 6.48. The number of aryl methyl sites for hydroxylation is 2. The van der Waals surface area contributed by atoms with Gasteiger partial charge in [0, 0.05) is 30.3 Å². The lowest BCUT2D eigenvalue weighted by Gasteiger charge is -2.14. The predicted octanol–water partition coefficient (Wildman–Crippen LogP) is 2.70. The fourth-order valence-electron chi connectivity index (χ4n) is 4.48. The molecule has 0 spiro atoms. The van der Waals surface area contributed by atoms with Crippen molar-refractivity contribution in [3.8, 4) is 5.69 Å². The monoisotopic (exact) mass is 519 g/mol. The summed E-state index contributed by atoms with van der Waals surface area (Å²) in [4.78, 5) is 33.6. The van der Waals surface area contributed by atoms with Crippen molar-refractivity contribution in [2.75, 3.05) is 24.7 Å². The number of rotatable bonds is 8. The van der Waals surface area contributed by atoms with E-state index in [9.17, 15) is 23.1 Å². The van der Waals surface area contributed by atoms with Gasteiger partial charge in [-0.3, -0.25) is 4.79 Å². The van der Waals surface area contributed by atoms with Crippen LogP contribution in [-0.2, 0) is 22.7 Å². The maximum Gasteiger partial charge on any atom is 0.341 e. The third-order valence-corrected chi connectivity index (χ3v) is 8.12. The van der Waals surface area contributed by atoms with E-state index in [1.807, 2.05) is 18.2 Å². The minimum atomic E-state index is -3.48. The largest absolute Gasteiger partial charge is 0.477 e. The number of pyridine rings is 1. The molecular weight excluding hydrogens is 494 g/mol. The highest BCUT2D eigenvalue weighted by Gasteiger charge is 2.19. The molecule has 2 aromatic carbocycles. The molecule has 0 fully saturated rings. The zero-order valence-corrected chi connectivity index (χ0v) is 20.9. The normalized spacial score (nSPS) is 13.0. The number of nitrogens with zero attached hydrogens (tertiary/aromatic N) is 3. The smallest absolute Gasteiger partial charge is 0.341 e. The van der Waals surface area contributed by atoms with Crippen LogP contribution in [0.4, 0.5) is 11.6 Å². The summed E-state index contributed by atoms with van der Waals surface area (Å²) in [6, 6.07) is 12.2. The van der Waals surface area contributed by atoms with E-state index in [4.69, 9.17) is 0 Å². The molecule has 2 heterocycles. The van der Waals surface area contributed by atoms with E-state index in [1.165, 1.54) is 35.7 Å². The summed E-state index contributed by atoms with van der Waals surface area (Å²) in [6.07, 6.45) is 5.57. The lowest BCUT2D eigenvalue weighted by molar-refractivity contribution is 0.0695. The quantitative estimate of drug-likeness (QED) is 0.320. The fraction of sp³-hybridized carbons (Fsp3) is 0.231. The molecule has 190 valence electrons. The molecule has 0 aliphatic heterocycles. The molecular formula is C26H25N5O5S. The van der Waals surface area contributed by atoms with Crippen LogP contribution in [0.3, 0.4) is 0 Å². The van der Waals surface area contributed by atoms with Crippen molar-refractivity contribution in [2.24, 2.45) is 0 Å². The minimum Gasteiger partial charge on any atom is -0.477 e. The molecule has 0 saturated heterocycles. The van der Waals surface area contributed by atoms with Crippen molar-refractivity contribution in [1.82, 2.24) is 19.9 Å². The number of fused-ring (bicyclic) bond motifs is 2. The third-order valence-electron chi connectivity index (χ3n) is 6.41. The molecule has 4 aromatic rings. The summed E-state index contributed by atoms with van der Waals surface area (Å²) >= 11 is 0. The van der Waals surface area contributed by atoms with Gasteiger partial charge in [0.05, 0.1) is 16.0 Å². The zero-order valence-electron chi connectivity index (χ0n) is 20.1. The van der Waals surface area contributed by atoms with Gasteiger partial charge in [0.15, 0.2) is 15.5 Å². The number of aromatic nitrogens is 3. The first-order valence-corrected chi connectivity index (χ1v) is 13.4. The molecule has 1 aliphatic carbocycles. The van der Waals surface area contributed by atoms with Crippen LogP contribution in [0.2, 0.25) is 0 Å². The fourth-order valence-corrected chi connectivity index (χ4v) is 5.78. The van der Waals surface area contributed by atoms with Crippen molar-refractivity contribution in [3.63, 3.8) is 0 Å². The number of benzene rings is 2. The van der Waals surface area contributed by atoms with E-state index < -0.39 is 21.2 Å². The van der Waals surface area contributed by atoms with Gasteiger partial charge in [-0.15, -0.1) is 0 Å². The van der Waals surface area contributed by atoms with Gasteiger partial charge >= 0.3 is 5.97 Å². The molecule has 37 heavy (non-hydrogen) atoms. The van der Waals surface area contributed by atoms with Gasteiger partial charge in [-0.1, -0.05) is 12.1 Å². The van der Waals surface area contributed by atoms with Crippen LogP contribution in [0.15, 0.2) is 64.5 Å². The average molecular weight is 520 g/mol. The van der Waals surface area contributed by atoms with E-state index >= 15 is 0 Å². The van der Waals surface area contributed by atoms with Crippen molar-refractivity contribution in [1.29, 1.82) is 0 Å². The third kappa shape index (κ3) is 4.83. The Morgan fingerprint density at radius 3 is 2.73 bits per heavy atom. The molecule has 5 rings (SSSR count). The van der Waals surface area contributed by atoms with Crippen molar-refractivity contribution >= 4 is 38.5 Å². The summed E-state index contributed by atoms with van der Waals surface area (Å²) < 4.78 is 26.8.